The number of aromatic hydroxyl groups is 1. The van der Waals surface area contributed by atoms with E-state index in [-0.39, 0.29) is 11.4 Å². The number of hydrogen-bond donors (Lipinski definition) is 4. The van der Waals surface area contributed by atoms with E-state index in [1.807, 2.05) is 6.92 Å². The highest BCUT2D eigenvalue weighted by molar-refractivity contribution is 8.01. The van der Waals surface area contributed by atoms with E-state index < -0.39 is 35.2 Å². The van der Waals surface area contributed by atoms with Crippen LogP contribution in [-0.2, 0) is 14.4 Å². The van der Waals surface area contributed by atoms with E-state index in [2.05, 4.69) is 15.5 Å². The molecule has 5 N–H and O–H groups in total. The lowest BCUT2D eigenvalue weighted by molar-refractivity contribution is -0.150. The van der Waals surface area contributed by atoms with Gasteiger partial charge in [0.15, 0.2) is 4.34 Å². The van der Waals surface area contributed by atoms with Crippen molar-refractivity contribution in [3.05, 3.63) is 46.1 Å². The molecule has 0 saturated carbocycles. The number of fused-ring (bicyclic) bond motifs is 1. The van der Waals surface area contributed by atoms with Crippen molar-refractivity contribution in [1.29, 1.82) is 0 Å². The van der Waals surface area contributed by atoms with E-state index in [1.165, 1.54) is 64.0 Å². The second kappa shape index (κ2) is 9.10. The molecule has 1 unspecified atom stereocenters. The van der Waals surface area contributed by atoms with Crippen LogP contribution in [0.15, 0.2) is 39.9 Å². The van der Waals surface area contributed by atoms with E-state index >= 15 is 0 Å². The Labute approximate surface area is 195 Å². The summed E-state index contributed by atoms with van der Waals surface area (Å²) in [4.78, 5) is 38.5. The van der Waals surface area contributed by atoms with Gasteiger partial charge < -0.3 is 21.3 Å². The van der Waals surface area contributed by atoms with Gasteiger partial charge in [-0.2, -0.15) is 0 Å². The fraction of sp³-hybridized carbons (Fsp3) is 0.316. The minimum atomic E-state index is -1.18. The standard InChI is InChI=1S/C19H19N5O5S3/c1-8-22-23-19(32-8)31-7-10-6-30-17-13(16(27)24(17)14(10)18(28)29)21-15(26)12(20)9-2-4-11(25)5-3-9/h2-5,12-13,17,25H,6-7,20H2,1H3,(H,21,26)(H,28,29)/t12?,13-,17-/m0/s1. The number of β-lactam (4-membered cyclic amide) rings is 1. The lowest BCUT2D eigenvalue weighted by Crippen LogP contribution is -2.71. The van der Waals surface area contributed by atoms with Crippen LogP contribution in [0.3, 0.4) is 0 Å². The molecule has 2 amide bonds. The van der Waals surface area contributed by atoms with Crippen molar-refractivity contribution in [1.82, 2.24) is 20.4 Å². The predicted octanol–water partition coefficient (Wildman–Crippen LogP) is 1.08. The summed E-state index contributed by atoms with van der Waals surface area (Å²) in [6.45, 7) is 1.84. The molecule has 13 heteroatoms. The number of amides is 2. The Bertz CT molecular complexity index is 1100. The molecule has 0 aliphatic carbocycles. The summed E-state index contributed by atoms with van der Waals surface area (Å²) in [5, 5.41) is 30.0. The molecular weight excluding hydrogens is 474 g/mol. The maximum atomic E-state index is 12.8. The van der Waals surface area contributed by atoms with Crippen molar-refractivity contribution >= 4 is 52.6 Å². The van der Waals surface area contributed by atoms with E-state index in [0.717, 1.165) is 9.35 Å². The van der Waals surface area contributed by atoms with Gasteiger partial charge in [-0.3, -0.25) is 14.5 Å². The third kappa shape index (κ3) is 4.33. The molecule has 4 rings (SSSR count). The average molecular weight is 494 g/mol. The predicted molar refractivity (Wildman–Crippen MR) is 120 cm³/mol. The van der Waals surface area contributed by atoms with Gasteiger partial charge in [-0.25, -0.2) is 4.79 Å². The number of carboxylic acids is 1. The number of phenolic OH excluding ortho intramolecular Hbond substituents is 1. The smallest absolute Gasteiger partial charge is 0.352 e. The number of phenols is 1. The van der Waals surface area contributed by atoms with Crippen LogP contribution in [0.5, 0.6) is 5.75 Å². The molecule has 1 fully saturated rings. The Morgan fingerprint density at radius 2 is 2.06 bits per heavy atom. The summed E-state index contributed by atoms with van der Waals surface area (Å²) >= 11 is 4.20. The number of nitrogens with two attached hydrogens (primary N) is 1. The maximum Gasteiger partial charge on any atom is 0.352 e. The summed E-state index contributed by atoms with van der Waals surface area (Å²) in [7, 11) is 0. The van der Waals surface area contributed by atoms with E-state index in [0.29, 0.717) is 22.6 Å². The number of carbonyl (C=O) groups excluding carboxylic acids is 2. The van der Waals surface area contributed by atoms with Crippen molar-refractivity contribution in [2.24, 2.45) is 5.73 Å². The highest BCUT2D eigenvalue weighted by atomic mass is 32.2. The topological polar surface area (TPSA) is 159 Å². The number of nitrogens with one attached hydrogen (secondary N) is 1. The molecule has 3 heterocycles. The number of rotatable bonds is 7. The van der Waals surface area contributed by atoms with Crippen molar-refractivity contribution in [2.45, 2.75) is 28.7 Å². The SMILES string of the molecule is Cc1nnc(SCC2=C(C(=O)O)N3C(=O)[C@H](NC(=O)C(N)c4ccc(O)cc4)[C@@H]3SC2)s1. The van der Waals surface area contributed by atoms with Crippen LogP contribution in [0.25, 0.3) is 0 Å². The molecule has 2 aromatic rings. The number of aryl methyl sites for hydroxylation is 1. The zero-order chi connectivity index (χ0) is 23.0. The van der Waals surface area contributed by atoms with Gasteiger partial charge in [-0.1, -0.05) is 35.2 Å². The Kier molecular flexibility index (Phi) is 6.42. The molecule has 1 aromatic heterocycles. The number of carbonyl (C=O) groups is 3. The fourth-order valence-electron chi connectivity index (χ4n) is 3.36. The van der Waals surface area contributed by atoms with Crippen molar-refractivity contribution in [3.63, 3.8) is 0 Å². The van der Waals surface area contributed by atoms with Crippen molar-refractivity contribution < 1.29 is 24.6 Å². The molecule has 2 aliphatic heterocycles. The van der Waals surface area contributed by atoms with Gasteiger partial charge in [0.1, 0.15) is 33.9 Å². The summed E-state index contributed by atoms with van der Waals surface area (Å²) in [6, 6.07) is 4.01. The number of aromatic nitrogens is 2. The van der Waals surface area contributed by atoms with Crippen LogP contribution in [0.2, 0.25) is 0 Å². The van der Waals surface area contributed by atoms with Gasteiger partial charge in [0.2, 0.25) is 5.91 Å². The van der Waals surface area contributed by atoms with E-state index in [9.17, 15) is 24.6 Å². The molecule has 0 spiro atoms. The van der Waals surface area contributed by atoms with Crippen molar-refractivity contribution in [2.75, 3.05) is 11.5 Å². The first-order valence-corrected chi connectivity index (χ1v) is 12.3. The third-order valence-electron chi connectivity index (χ3n) is 4.96. The number of aliphatic carboxylic acids is 1. The monoisotopic (exact) mass is 493 g/mol. The maximum absolute atomic E-state index is 12.8. The summed E-state index contributed by atoms with van der Waals surface area (Å²) in [5.41, 5.74) is 7.05. The Hall–Kier alpha value is -2.61. The third-order valence-corrected chi connectivity index (χ3v) is 8.36. The van der Waals surface area contributed by atoms with Crippen LogP contribution in [0.4, 0.5) is 0 Å². The minimum Gasteiger partial charge on any atom is -0.508 e. The number of thioether (sulfide) groups is 2. The van der Waals surface area contributed by atoms with Gasteiger partial charge in [0.25, 0.3) is 5.91 Å². The van der Waals surface area contributed by atoms with Crippen LogP contribution in [-0.4, -0.2) is 66.0 Å². The molecule has 32 heavy (non-hydrogen) atoms. The normalized spacial score (nSPS) is 21.1. The van der Waals surface area contributed by atoms with Gasteiger partial charge in [0, 0.05) is 11.5 Å². The lowest BCUT2D eigenvalue weighted by Gasteiger charge is -2.49. The molecule has 168 valence electrons. The highest BCUT2D eigenvalue weighted by Gasteiger charge is 2.54. The summed E-state index contributed by atoms with van der Waals surface area (Å²) in [6.07, 6.45) is 0. The molecular formula is C19H19N5O5S3. The van der Waals surface area contributed by atoms with Crippen LogP contribution in [0.1, 0.15) is 16.6 Å². The first-order valence-electron chi connectivity index (χ1n) is 9.44. The van der Waals surface area contributed by atoms with Crippen LogP contribution >= 0.6 is 34.9 Å². The number of nitrogens with zero attached hydrogens (tertiary/aromatic N) is 3. The lowest BCUT2D eigenvalue weighted by atomic mass is 10.0. The summed E-state index contributed by atoms with van der Waals surface area (Å²) in [5.74, 6) is -1.38. The highest BCUT2D eigenvalue weighted by Crippen LogP contribution is 2.42. The minimum absolute atomic E-state index is 0.0409. The van der Waals surface area contributed by atoms with E-state index in [1.54, 1.807) is 0 Å². The van der Waals surface area contributed by atoms with Crippen LogP contribution in [0, 0.1) is 6.92 Å². The first kappa shape index (κ1) is 22.6. The molecule has 1 saturated heterocycles. The quantitative estimate of drug-likeness (QED) is 0.325. The van der Waals surface area contributed by atoms with Crippen LogP contribution < -0.4 is 11.1 Å². The zero-order valence-corrected chi connectivity index (χ0v) is 19.2. The molecule has 0 radical (unpaired) electrons. The zero-order valence-electron chi connectivity index (χ0n) is 16.7. The number of carboxylic acid groups (broad SMARTS) is 1. The number of hydrogen-bond acceptors (Lipinski definition) is 10. The van der Waals surface area contributed by atoms with E-state index in [4.69, 9.17) is 5.73 Å². The van der Waals surface area contributed by atoms with Gasteiger partial charge in [-0.05, 0) is 30.2 Å². The Morgan fingerprint density at radius 3 is 2.69 bits per heavy atom. The molecule has 3 atom stereocenters. The second-order valence-electron chi connectivity index (χ2n) is 7.10. The fourth-order valence-corrected chi connectivity index (χ4v) is 6.66. The summed E-state index contributed by atoms with van der Waals surface area (Å²) < 4.78 is 0.732. The van der Waals surface area contributed by atoms with Gasteiger partial charge in [0.05, 0.1) is 0 Å². The van der Waals surface area contributed by atoms with Crippen molar-refractivity contribution in [3.8, 4) is 5.75 Å². The first-order chi connectivity index (χ1) is 15.3. The molecule has 1 aromatic carbocycles. The average Bonchev–Trinajstić information content (AvgIpc) is 3.20. The Morgan fingerprint density at radius 1 is 1.34 bits per heavy atom. The van der Waals surface area contributed by atoms with Gasteiger partial charge >= 0.3 is 5.97 Å². The number of benzene rings is 1. The second-order valence-corrected chi connectivity index (χ2v) is 10.6. The molecule has 0 bridgehead atoms. The molecule has 2 aliphatic rings. The molecule has 10 nitrogen and oxygen atoms in total. The Balaban J connectivity index is 1.45. The van der Waals surface area contributed by atoms with Gasteiger partial charge in [-0.15, -0.1) is 22.0 Å². The largest absolute Gasteiger partial charge is 0.508 e.